The first-order valence-electron chi connectivity index (χ1n) is 8.14. The van der Waals surface area contributed by atoms with E-state index in [0.29, 0.717) is 24.3 Å². The van der Waals surface area contributed by atoms with E-state index >= 15 is 0 Å². The van der Waals surface area contributed by atoms with Crippen molar-refractivity contribution in [3.8, 4) is 0 Å². The van der Waals surface area contributed by atoms with Crippen molar-refractivity contribution in [1.29, 1.82) is 0 Å². The van der Waals surface area contributed by atoms with Crippen molar-refractivity contribution in [2.75, 3.05) is 24.2 Å². The van der Waals surface area contributed by atoms with E-state index in [0.717, 1.165) is 29.8 Å². The smallest absolute Gasteiger partial charge is 0.189 e. The van der Waals surface area contributed by atoms with Gasteiger partial charge in [-0.3, -0.25) is 9.88 Å². The number of hydrogen-bond acceptors (Lipinski definition) is 6. The predicted octanol–water partition coefficient (Wildman–Crippen LogP) is 2.50. The Morgan fingerprint density at radius 1 is 1.29 bits per heavy atom. The van der Waals surface area contributed by atoms with Crippen molar-refractivity contribution in [2.45, 2.75) is 37.1 Å². The Balaban J connectivity index is 1.47. The maximum Gasteiger partial charge on any atom is 0.189 e. The number of thioether (sulfide) groups is 1. The molecule has 2 unspecified atom stereocenters. The second-order valence-electron chi connectivity index (χ2n) is 6.43. The third kappa shape index (κ3) is 2.86. The lowest BCUT2D eigenvalue weighted by molar-refractivity contribution is 0.105. The highest BCUT2D eigenvalue weighted by atomic mass is 32.2. The van der Waals surface area contributed by atoms with Gasteiger partial charge in [0.15, 0.2) is 5.16 Å². The normalized spacial score (nSPS) is 23.2. The van der Waals surface area contributed by atoms with Crippen LogP contribution in [0.2, 0.25) is 0 Å². The molecular formula is C17H20FN5S. The van der Waals surface area contributed by atoms with Crippen molar-refractivity contribution < 1.29 is 4.39 Å². The monoisotopic (exact) mass is 345 g/mol. The number of anilines is 1. The van der Waals surface area contributed by atoms with Gasteiger partial charge in [-0.05, 0) is 31.7 Å². The first-order valence-corrected chi connectivity index (χ1v) is 9.36. The molecule has 0 saturated carbocycles. The average Bonchev–Trinajstić information content (AvgIpc) is 2.56. The fourth-order valence-electron chi connectivity index (χ4n) is 3.70. The summed E-state index contributed by atoms with van der Waals surface area (Å²) >= 11 is 1.57. The minimum Gasteiger partial charge on any atom is -0.348 e. The van der Waals surface area contributed by atoms with E-state index in [1.54, 1.807) is 24.0 Å². The number of aromatic nitrogens is 3. The van der Waals surface area contributed by atoms with E-state index in [4.69, 9.17) is 0 Å². The summed E-state index contributed by atoms with van der Waals surface area (Å²) in [6, 6.07) is 6.06. The number of piperazine rings is 1. The first-order chi connectivity index (χ1) is 11.6. The highest BCUT2D eigenvalue weighted by molar-refractivity contribution is 7.98. The summed E-state index contributed by atoms with van der Waals surface area (Å²) in [7, 11) is 0. The number of piperidine rings is 1. The van der Waals surface area contributed by atoms with Crippen LogP contribution in [-0.2, 0) is 6.54 Å². The Labute approximate surface area is 145 Å². The van der Waals surface area contributed by atoms with Crippen LogP contribution >= 0.6 is 11.8 Å². The zero-order chi connectivity index (χ0) is 16.7. The number of nitrogens with zero attached hydrogens (tertiary/aromatic N) is 5. The second-order valence-corrected chi connectivity index (χ2v) is 7.20. The van der Waals surface area contributed by atoms with Crippen LogP contribution in [0.3, 0.4) is 0 Å². The quantitative estimate of drug-likeness (QED) is 0.627. The molecule has 2 aromatic heterocycles. The largest absolute Gasteiger partial charge is 0.348 e. The standard InChI is InChI=1S/C17H20FN5S/c1-11-6-16(21-17(20-11)24-2)23-12-7-13(23)9-22(8-12)10-15-14(18)4-3-5-19-15/h3-6,12-13H,7-10H2,1-2H3. The van der Waals surface area contributed by atoms with Gasteiger partial charge < -0.3 is 4.90 Å². The van der Waals surface area contributed by atoms with Crippen molar-refractivity contribution in [2.24, 2.45) is 0 Å². The molecule has 3 fully saturated rings. The molecule has 3 aliphatic rings. The van der Waals surface area contributed by atoms with E-state index in [1.165, 1.54) is 12.5 Å². The molecule has 126 valence electrons. The highest BCUT2D eigenvalue weighted by Crippen LogP contribution is 2.37. The van der Waals surface area contributed by atoms with Gasteiger partial charge in [-0.1, -0.05) is 11.8 Å². The number of halogens is 1. The summed E-state index contributed by atoms with van der Waals surface area (Å²) in [4.78, 5) is 18.0. The van der Waals surface area contributed by atoms with Crippen LogP contribution < -0.4 is 4.90 Å². The minimum atomic E-state index is -0.218. The topological polar surface area (TPSA) is 45.2 Å². The summed E-state index contributed by atoms with van der Waals surface area (Å²) in [5, 5.41) is 0.822. The van der Waals surface area contributed by atoms with Crippen LogP contribution in [0.15, 0.2) is 29.6 Å². The molecular weight excluding hydrogens is 325 g/mol. The van der Waals surface area contributed by atoms with E-state index in [9.17, 15) is 4.39 Å². The predicted molar refractivity (Wildman–Crippen MR) is 92.7 cm³/mol. The van der Waals surface area contributed by atoms with Gasteiger partial charge >= 0.3 is 0 Å². The molecule has 3 saturated heterocycles. The van der Waals surface area contributed by atoms with E-state index in [2.05, 4.69) is 30.8 Å². The fraction of sp³-hybridized carbons (Fsp3) is 0.471. The van der Waals surface area contributed by atoms with Gasteiger partial charge in [-0.25, -0.2) is 14.4 Å². The van der Waals surface area contributed by atoms with Crippen LogP contribution in [0.4, 0.5) is 10.2 Å². The summed E-state index contributed by atoms with van der Waals surface area (Å²) in [6.45, 7) is 4.43. The highest BCUT2D eigenvalue weighted by Gasteiger charge is 2.45. The van der Waals surface area contributed by atoms with Crippen LogP contribution in [0, 0.1) is 12.7 Å². The first kappa shape index (κ1) is 15.8. The third-order valence-corrected chi connectivity index (χ3v) is 5.29. The molecule has 0 amide bonds. The van der Waals surface area contributed by atoms with Gasteiger partial charge in [0.25, 0.3) is 0 Å². The molecule has 0 spiro atoms. The van der Waals surface area contributed by atoms with Crippen LogP contribution in [0.25, 0.3) is 0 Å². The minimum absolute atomic E-state index is 0.218. The lowest BCUT2D eigenvalue weighted by Gasteiger charge is -2.57. The summed E-state index contributed by atoms with van der Waals surface area (Å²) in [5.41, 5.74) is 1.54. The molecule has 24 heavy (non-hydrogen) atoms. The maximum atomic E-state index is 13.8. The number of fused-ring (bicyclic) bond motifs is 2. The van der Waals surface area contributed by atoms with E-state index in [-0.39, 0.29) is 5.82 Å². The summed E-state index contributed by atoms with van der Waals surface area (Å²) in [6.07, 6.45) is 4.83. The molecule has 7 heteroatoms. The zero-order valence-corrected chi connectivity index (χ0v) is 14.6. The molecule has 5 rings (SSSR count). The Morgan fingerprint density at radius 2 is 2.08 bits per heavy atom. The molecule has 3 aliphatic heterocycles. The van der Waals surface area contributed by atoms with Crippen molar-refractivity contribution in [3.05, 3.63) is 41.6 Å². The molecule has 2 aromatic rings. The number of rotatable bonds is 4. The van der Waals surface area contributed by atoms with Crippen LogP contribution in [-0.4, -0.2) is 51.3 Å². The van der Waals surface area contributed by atoms with E-state index < -0.39 is 0 Å². The van der Waals surface area contributed by atoms with Gasteiger partial charge in [0, 0.05) is 49.7 Å². The lowest BCUT2D eigenvalue weighted by Crippen LogP contribution is -2.69. The van der Waals surface area contributed by atoms with Crippen LogP contribution in [0.1, 0.15) is 17.8 Å². The molecule has 5 nitrogen and oxygen atoms in total. The second kappa shape index (κ2) is 6.29. The van der Waals surface area contributed by atoms with Gasteiger partial charge in [-0.2, -0.15) is 0 Å². The van der Waals surface area contributed by atoms with E-state index in [1.807, 2.05) is 13.2 Å². The SMILES string of the molecule is CSc1nc(C)cc(N2C3CC2CN(Cc2ncccc2F)C3)n1. The summed E-state index contributed by atoms with van der Waals surface area (Å²) < 4.78 is 13.8. The number of pyridine rings is 1. The Hall–Kier alpha value is -1.73. The molecule has 5 heterocycles. The molecule has 0 radical (unpaired) electrons. The zero-order valence-electron chi connectivity index (χ0n) is 13.8. The average molecular weight is 345 g/mol. The Kier molecular flexibility index (Phi) is 4.14. The van der Waals surface area contributed by atoms with Gasteiger partial charge in [0.1, 0.15) is 11.6 Å². The molecule has 0 aromatic carbocycles. The lowest BCUT2D eigenvalue weighted by atomic mass is 9.87. The number of aryl methyl sites for hydroxylation is 1. The maximum absolute atomic E-state index is 13.8. The Bertz CT molecular complexity index is 744. The van der Waals surface area contributed by atoms with Gasteiger partial charge in [0.05, 0.1) is 5.69 Å². The van der Waals surface area contributed by atoms with Gasteiger partial charge in [0.2, 0.25) is 0 Å². The van der Waals surface area contributed by atoms with Crippen molar-refractivity contribution >= 4 is 17.6 Å². The van der Waals surface area contributed by atoms with Crippen molar-refractivity contribution in [3.63, 3.8) is 0 Å². The number of hydrogen-bond donors (Lipinski definition) is 0. The van der Waals surface area contributed by atoms with Gasteiger partial charge in [-0.15, -0.1) is 0 Å². The van der Waals surface area contributed by atoms with Crippen molar-refractivity contribution in [1.82, 2.24) is 19.9 Å². The van der Waals surface area contributed by atoms with Crippen LogP contribution in [0.5, 0.6) is 0 Å². The fourth-order valence-corrected chi connectivity index (χ4v) is 4.12. The third-order valence-electron chi connectivity index (χ3n) is 4.74. The Morgan fingerprint density at radius 3 is 2.79 bits per heavy atom. The molecule has 2 bridgehead atoms. The summed E-state index contributed by atoms with van der Waals surface area (Å²) in [5.74, 6) is 0.807. The molecule has 0 N–H and O–H groups in total. The molecule has 2 atom stereocenters. The molecule has 0 aliphatic carbocycles.